The molecule has 0 saturated carbocycles. The molecule has 0 aliphatic heterocycles. The van der Waals surface area contributed by atoms with Gasteiger partial charge in [0.25, 0.3) is 0 Å². The minimum atomic E-state index is -0.245. The summed E-state index contributed by atoms with van der Waals surface area (Å²) in [6.45, 7) is 4.74. The molecule has 0 bridgehead atoms. The second-order valence-corrected chi connectivity index (χ2v) is 16.3. The van der Waals surface area contributed by atoms with Crippen LogP contribution in [-0.4, -0.2) is 0 Å². The van der Waals surface area contributed by atoms with Crippen molar-refractivity contribution in [1.29, 1.82) is 0 Å². The molecule has 0 N–H and O–H groups in total. The van der Waals surface area contributed by atoms with E-state index >= 15 is 0 Å². The highest BCUT2D eigenvalue weighted by atomic mass is 16.3. The average Bonchev–Trinajstić information content (AvgIpc) is 3.75. The molecule has 0 spiro atoms. The van der Waals surface area contributed by atoms with Gasteiger partial charge in [-0.3, -0.25) is 0 Å². The van der Waals surface area contributed by atoms with Gasteiger partial charge in [-0.15, -0.1) is 0 Å². The number of benzene rings is 8. The van der Waals surface area contributed by atoms with Crippen molar-refractivity contribution in [3.63, 3.8) is 0 Å². The van der Waals surface area contributed by atoms with Crippen molar-refractivity contribution in [2.45, 2.75) is 19.3 Å². The molecular formula is C55H38O. The number of para-hydroxylation sites is 1. The summed E-state index contributed by atoms with van der Waals surface area (Å²) in [7, 11) is 0. The fourth-order valence-corrected chi connectivity index (χ4v) is 10.6. The fourth-order valence-electron chi connectivity index (χ4n) is 10.6. The van der Waals surface area contributed by atoms with E-state index in [1.807, 2.05) is 0 Å². The quantitative estimate of drug-likeness (QED) is 0.166. The lowest BCUT2D eigenvalue weighted by molar-refractivity contribution is 0.620. The molecule has 1 nitrogen and oxygen atoms in total. The zero-order chi connectivity index (χ0) is 37.1. The van der Waals surface area contributed by atoms with Crippen LogP contribution in [-0.2, 0) is 5.41 Å². The first-order valence-corrected chi connectivity index (χ1v) is 19.9. The van der Waals surface area contributed by atoms with E-state index in [-0.39, 0.29) is 17.3 Å². The van der Waals surface area contributed by atoms with Gasteiger partial charge in [-0.1, -0.05) is 184 Å². The van der Waals surface area contributed by atoms with Crippen molar-refractivity contribution in [3.05, 3.63) is 204 Å². The van der Waals surface area contributed by atoms with Crippen molar-refractivity contribution >= 4 is 65.4 Å². The van der Waals surface area contributed by atoms with E-state index in [4.69, 9.17) is 4.42 Å². The van der Waals surface area contributed by atoms with Gasteiger partial charge in [0.15, 0.2) is 0 Å². The minimum Gasteiger partial charge on any atom is -0.456 e. The summed E-state index contributed by atoms with van der Waals surface area (Å²) in [6, 6.07) is 53.7. The molecule has 264 valence electrons. The fraction of sp³-hybridized carbons (Fsp3) is 0.0909. The number of hydrogen-bond donors (Lipinski definition) is 0. The van der Waals surface area contributed by atoms with Gasteiger partial charge >= 0.3 is 0 Å². The molecular weight excluding hydrogens is 677 g/mol. The van der Waals surface area contributed by atoms with E-state index in [9.17, 15) is 0 Å². The van der Waals surface area contributed by atoms with Crippen molar-refractivity contribution in [2.24, 2.45) is 11.8 Å². The molecule has 8 aromatic carbocycles. The molecule has 0 amide bonds. The third kappa shape index (κ3) is 4.26. The van der Waals surface area contributed by atoms with Gasteiger partial charge in [0, 0.05) is 33.6 Å². The summed E-state index contributed by atoms with van der Waals surface area (Å²) in [4.78, 5) is 0. The SMILES string of the molecule is CC1(C)c2ccc(-c3c4ccccc4c(C4=CC=C(c5ccccc5)C5C=CC=CC45)c4ccccc34)cc2-c2c1c1oc3ccccc3c1c1ccccc21. The Bertz CT molecular complexity index is 3210. The van der Waals surface area contributed by atoms with Crippen LogP contribution in [0.3, 0.4) is 0 Å². The number of allylic oxidation sites excluding steroid dienone is 8. The smallest absolute Gasteiger partial charge is 0.140 e. The average molecular weight is 715 g/mol. The van der Waals surface area contributed by atoms with E-state index in [2.05, 4.69) is 196 Å². The number of rotatable bonds is 3. The highest BCUT2D eigenvalue weighted by molar-refractivity contribution is 6.25. The third-order valence-electron chi connectivity index (χ3n) is 13.0. The van der Waals surface area contributed by atoms with Crippen LogP contribution in [0.2, 0.25) is 0 Å². The highest BCUT2D eigenvalue weighted by Crippen LogP contribution is 2.57. The molecule has 56 heavy (non-hydrogen) atoms. The summed E-state index contributed by atoms with van der Waals surface area (Å²) >= 11 is 0. The van der Waals surface area contributed by atoms with E-state index in [0.29, 0.717) is 0 Å². The summed E-state index contributed by atoms with van der Waals surface area (Å²) in [6.07, 6.45) is 14.0. The lowest BCUT2D eigenvalue weighted by Gasteiger charge is -2.33. The Morgan fingerprint density at radius 1 is 0.464 bits per heavy atom. The zero-order valence-corrected chi connectivity index (χ0v) is 31.4. The first kappa shape index (κ1) is 31.6. The Morgan fingerprint density at radius 3 is 1.68 bits per heavy atom. The van der Waals surface area contributed by atoms with Gasteiger partial charge in [-0.25, -0.2) is 0 Å². The molecule has 1 heterocycles. The van der Waals surface area contributed by atoms with E-state index in [1.54, 1.807) is 0 Å². The van der Waals surface area contributed by atoms with Crippen LogP contribution in [0, 0.1) is 11.8 Å². The predicted octanol–water partition coefficient (Wildman–Crippen LogP) is 14.9. The van der Waals surface area contributed by atoms with Gasteiger partial charge in [0.1, 0.15) is 11.2 Å². The Labute approximate surface area is 326 Å². The highest BCUT2D eigenvalue weighted by Gasteiger charge is 2.41. The molecule has 1 aromatic heterocycles. The maximum absolute atomic E-state index is 6.82. The minimum absolute atomic E-state index is 0.236. The van der Waals surface area contributed by atoms with E-state index in [0.717, 1.165) is 11.2 Å². The third-order valence-corrected chi connectivity index (χ3v) is 13.0. The Balaban J connectivity index is 1.12. The molecule has 0 saturated heterocycles. The predicted molar refractivity (Wildman–Crippen MR) is 237 cm³/mol. The van der Waals surface area contributed by atoms with Crippen molar-refractivity contribution in [1.82, 2.24) is 0 Å². The molecule has 0 radical (unpaired) electrons. The van der Waals surface area contributed by atoms with Gasteiger partial charge < -0.3 is 4.42 Å². The van der Waals surface area contributed by atoms with Crippen LogP contribution in [0.25, 0.3) is 87.7 Å². The van der Waals surface area contributed by atoms with Gasteiger partial charge in [-0.2, -0.15) is 0 Å². The van der Waals surface area contributed by atoms with E-state index < -0.39 is 0 Å². The Hall–Kier alpha value is -6.70. The van der Waals surface area contributed by atoms with Crippen LogP contribution in [0.15, 0.2) is 186 Å². The Kier molecular flexibility index (Phi) is 6.58. The number of furan rings is 1. The second-order valence-electron chi connectivity index (χ2n) is 16.3. The summed E-state index contributed by atoms with van der Waals surface area (Å²) in [5.41, 5.74) is 14.8. The van der Waals surface area contributed by atoms with Crippen molar-refractivity contribution in [2.75, 3.05) is 0 Å². The summed E-state index contributed by atoms with van der Waals surface area (Å²) in [5, 5.41) is 10.1. The molecule has 1 heteroatoms. The Morgan fingerprint density at radius 2 is 1.00 bits per heavy atom. The van der Waals surface area contributed by atoms with Gasteiger partial charge in [0.05, 0.1) is 0 Å². The molecule has 2 atom stereocenters. The van der Waals surface area contributed by atoms with Crippen LogP contribution in [0.5, 0.6) is 0 Å². The first-order chi connectivity index (χ1) is 27.6. The molecule has 9 aromatic rings. The normalized spacial score (nSPS) is 18.0. The lowest BCUT2D eigenvalue weighted by Crippen LogP contribution is -2.19. The molecule has 0 fully saturated rings. The van der Waals surface area contributed by atoms with Crippen LogP contribution < -0.4 is 0 Å². The monoisotopic (exact) mass is 714 g/mol. The first-order valence-electron chi connectivity index (χ1n) is 19.9. The van der Waals surface area contributed by atoms with Crippen molar-refractivity contribution in [3.8, 4) is 22.3 Å². The number of hydrogen-bond acceptors (Lipinski definition) is 1. The molecule has 3 aliphatic carbocycles. The molecule has 2 unspecified atom stereocenters. The standard InChI is InChI=1S/C55H38O/c1-55(2)47-31-28-34(32-46(47)51-42-24-12-13-25-43(42)52-45-26-14-15-27-48(45)56-54(52)53(51)55)49-38-20-8-10-22-40(38)50(41-23-11-9-21-39(41)49)44-30-29-35(33-16-4-3-5-17-33)36-18-6-7-19-37(36)44/h3-32,36-37H,1-2H3. The zero-order valence-electron chi connectivity index (χ0n) is 31.4. The molecule has 12 rings (SSSR count). The number of fused-ring (bicyclic) bond motifs is 13. The maximum atomic E-state index is 6.82. The molecule has 3 aliphatic rings. The summed E-state index contributed by atoms with van der Waals surface area (Å²) < 4.78 is 6.82. The second kappa shape index (κ2) is 11.7. The van der Waals surface area contributed by atoms with Crippen LogP contribution in [0.4, 0.5) is 0 Å². The topological polar surface area (TPSA) is 13.1 Å². The maximum Gasteiger partial charge on any atom is 0.140 e. The van der Waals surface area contributed by atoms with Gasteiger partial charge in [0.2, 0.25) is 0 Å². The summed E-state index contributed by atoms with van der Waals surface area (Å²) in [5.74, 6) is 0.507. The van der Waals surface area contributed by atoms with Crippen LogP contribution in [0.1, 0.15) is 36.1 Å². The lowest BCUT2D eigenvalue weighted by atomic mass is 9.70. The van der Waals surface area contributed by atoms with E-state index in [1.165, 1.54) is 98.7 Å². The van der Waals surface area contributed by atoms with Gasteiger partial charge in [-0.05, 0) is 94.5 Å². The van der Waals surface area contributed by atoms with Crippen molar-refractivity contribution < 1.29 is 4.42 Å². The van der Waals surface area contributed by atoms with Crippen LogP contribution >= 0.6 is 0 Å². The largest absolute Gasteiger partial charge is 0.456 e.